The molecule has 0 saturated carbocycles. The lowest BCUT2D eigenvalue weighted by Gasteiger charge is -2.31. The van der Waals surface area contributed by atoms with Gasteiger partial charge in [-0.15, -0.1) is 11.3 Å². The van der Waals surface area contributed by atoms with E-state index in [1.165, 1.54) is 11.3 Å². The molecule has 0 aliphatic rings. The highest BCUT2D eigenvalue weighted by Gasteiger charge is 2.30. The van der Waals surface area contributed by atoms with Gasteiger partial charge >= 0.3 is 6.18 Å². The zero-order valence-corrected chi connectivity index (χ0v) is 13.3. The first kappa shape index (κ1) is 16.9. The fourth-order valence-corrected chi connectivity index (χ4v) is 3.59. The number of hydrogen-bond donors (Lipinski definition) is 1. The summed E-state index contributed by atoms with van der Waals surface area (Å²) in [5, 5.41) is 1.92. The number of thiophene rings is 1. The number of likely N-dealkylation sites (N-methyl/N-ethyl adjacent to an activating group) is 1. The van der Waals surface area contributed by atoms with Crippen molar-refractivity contribution >= 4 is 27.3 Å². The molecule has 0 aromatic carbocycles. The minimum Gasteiger partial charge on any atom is -0.326 e. The topological polar surface area (TPSA) is 29.3 Å². The Morgan fingerprint density at radius 2 is 2.11 bits per heavy atom. The van der Waals surface area contributed by atoms with Crippen LogP contribution in [0.1, 0.15) is 30.7 Å². The van der Waals surface area contributed by atoms with Crippen molar-refractivity contribution in [1.29, 1.82) is 0 Å². The first-order valence-electron chi connectivity index (χ1n) is 6.01. The summed E-state index contributed by atoms with van der Waals surface area (Å²) in [6.45, 7) is 1.90. The molecule has 1 heterocycles. The molecule has 2 N–H and O–H groups in total. The molecule has 1 aromatic heterocycles. The Labute approximate surface area is 123 Å². The maximum Gasteiger partial charge on any atom is 0.390 e. The van der Waals surface area contributed by atoms with Crippen molar-refractivity contribution in [2.75, 3.05) is 13.6 Å². The van der Waals surface area contributed by atoms with Crippen LogP contribution in [0.2, 0.25) is 0 Å². The molecule has 0 aliphatic heterocycles. The van der Waals surface area contributed by atoms with Gasteiger partial charge in [0.2, 0.25) is 0 Å². The summed E-state index contributed by atoms with van der Waals surface area (Å²) >= 11 is 4.88. The van der Waals surface area contributed by atoms with Gasteiger partial charge in [-0.3, -0.25) is 4.90 Å². The zero-order valence-electron chi connectivity index (χ0n) is 10.9. The average Bonchev–Trinajstić information content (AvgIpc) is 2.72. The molecule has 1 aromatic rings. The molecule has 0 bridgehead atoms. The van der Waals surface area contributed by atoms with Crippen LogP contribution in [0, 0.1) is 0 Å². The number of alkyl halides is 3. The van der Waals surface area contributed by atoms with Crippen molar-refractivity contribution in [3.63, 3.8) is 0 Å². The van der Waals surface area contributed by atoms with E-state index >= 15 is 0 Å². The number of nitrogens with two attached hydrogens (primary N) is 1. The number of rotatable bonds is 6. The highest BCUT2D eigenvalue weighted by Crippen LogP contribution is 2.32. The lowest BCUT2D eigenvalue weighted by atomic mass is 10.0. The molecule has 110 valence electrons. The summed E-state index contributed by atoms with van der Waals surface area (Å²) in [7, 11) is 1.69. The summed E-state index contributed by atoms with van der Waals surface area (Å²) < 4.78 is 37.9. The molecule has 2 atom stereocenters. The van der Waals surface area contributed by atoms with Crippen molar-refractivity contribution in [3.8, 4) is 0 Å². The van der Waals surface area contributed by atoms with Crippen LogP contribution in [0.25, 0.3) is 0 Å². The predicted octanol–water partition coefficient (Wildman–Crippen LogP) is 4.17. The van der Waals surface area contributed by atoms with E-state index in [9.17, 15) is 13.2 Å². The van der Waals surface area contributed by atoms with Gasteiger partial charge in [0.1, 0.15) is 0 Å². The minimum absolute atomic E-state index is 0.0443. The summed E-state index contributed by atoms with van der Waals surface area (Å²) in [4.78, 5) is 2.69. The van der Waals surface area contributed by atoms with Crippen LogP contribution in [0.4, 0.5) is 13.2 Å². The minimum atomic E-state index is -4.13. The van der Waals surface area contributed by atoms with Gasteiger partial charge in [0.05, 0.1) is 12.5 Å². The second kappa shape index (κ2) is 7.06. The molecule has 2 unspecified atom stereocenters. The van der Waals surface area contributed by atoms with E-state index in [2.05, 4.69) is 15.9 Å². The predicted molar refractivity (Wildman–Crippen MR) is 76.3 cm³/mol. The highest BCUT2D eigenvalue weighted by atomic mass is 79.9. The monoisotopic (exact) mass is 358 g/mol. The SMILES string of the molecule is CCC(N)C(c1cc(Br)cs1)N(C)CCC(F)(F)F. The third-order valence-electron chi connectivity index (χ3n) is 2.98. The fourth-order valence-electron chi connectivity index (χ4n) is 1.90. The van der Waals surface area contributed by atoms with Crippen molar-refractivity contribution < 1.29 is 13.2 Å². The molecule has 2 nitrogen and oxygen atoms in total. The van der Waals surface area contributed by atoms with Gasteiger partial charge < -0.3 is 5.73 Å². The van der Waals surface area contributed by atoms with Gasteiger partial charge in [0.25, 0.3) is 0 Å². The highest BCUT2D eigenvalue weighted by molar-refractivity contribution is 9.10. The number of halogens is 4. The van der Waals surface area contributed by atoms with Crippen LogP contribution in [-0.4, -0.2) is 30.7 Å². The summed E-state index contributed by atoms with van der Waals surface area (Å²) in [6.07, 6.45) is -4.23. The standard InChI is InChI=1S/C12H18BrF3N2S/c1-3-9(17)11(10-6-8(13)7-19-10)18(2)5-4-12(14,15)16/h6-7,9,11H,3-5,17H2,1-2H3. The van der Waals surface area contributed by atoms with E-state index in [1.807, 2.05) is 18.4 Å². The lowest BCUT2D eigenvalue weighted by molar-refractivity contribution is -0.138. The summed E-state index contributed by atoms with van der Waals surface area (Å²) in [5.41, 5.74) is 6.07. The fraction of sp³-hybridized carbons (Fsp3) is 0.667. The first-order valence-corrected chi connectivity index (χ1v) is 7.68. The first-order chi connectivity index (χ1) is 8.74. The van der Waals surface area contributed by atoms with Gasteiger partial charge in [-0.25, -0.2) is 0 Å². The molecule has 0 fully saturated rings. The summed E-state index contributed by atoms with van der Waals surface area (Å²) in [6, 6.07) is 1.57. The van der Waals surface area contributed by atoms with E-state index in [4.69, 9.17) is 5.73 Å². The van der Waals surface area contributed by atoms with E-state index < -0.39 is 12.6 Å². The van der Waals surface area contributed by atoms with Gasteiger partial charge in [-0.1, -0.05) is 6.92 Å². The Kier molecular flexibility index (Phi) is 6.29. The van der Waals surface area contributed by atoms with Gasteiger partial charge in [0, 0.05) is 27.3 Å². The second-order valence-corrected chi connectivity index (χ2v) is 6.39. The maximum absolute atomic E-state index is 12.3. The Balaban J connectivity index is 2.80. The van der Waals surface area contributed by atoms with Crippen LogP contribution in [0.3, 0.4) is 0 Å². The Bertz CT molecular complexity index is 395. The third-order valence-corrected chi connectivity index (χ3v) is 4.74. The van der Waals surface area contributed by atoms with Crippen molar-refractivity contribution in [2.45, 2.75) is 38.0 Å². The smallest absolute Gasteiger partial charge is 0.326 e. The molecule has 0 amide bonds. The second-order valence-electron chi connectivity index (χ2n) is 4.53. The molecule has 0 aliphatic carbocycles. The summed E-state index contributed by atoms with van der Waals surface area (Å²) in [5.74, 6) is 0. The third kappa shape index (κ3) is 5.41. The van der Waals surface area contributed by atoms with Crippen molar-refractivity contribution in [2.24, 2.45) is 5.73 Å². The van der Waals surface area contributed by atoms with E-state index in [-0.39, 0.29) is 18.6 Å². The van der Waals surface area contributed by atoms with Gasteiger partial charge in [-0.2, -0.15) is 13.2 Å². The quantitative estimate of drug-likeness (QED) is 0.826. The van der Waals surface area contributed by atoms with Crippen LogP contribution >= 0.6 is 27.3 Å². The largest absolute Gasteiger partial charge is 0.390 e. The van der Waals surface area contributed by atoms with Gasteiger partial charge in [0.15, 0.2) is 0 Å². The Hall–Kier alpha value is -0.110. The van der Waals surface area contributed by atoms with Gasteiger partial charge in [-0.05, 0) is 35.5 Å². The molecular weight excluding hydrogens is 341 g/mol. The van der Waals surface area contributed by atoms with E-state index in [0.29, 0.717) is 0 Å². The molecule has 0 spiro atoms. The Morgan fingerprint density at radius 3 is 2.53 bits per heavy atom. The van der Waals surface area contributed by atoms with Crippen LogP contribution in [0.5, 0.6) is 0 Å². The van der Waals surface area contributed by atoms with Crippen molar-refractivity contribution in [1.82, 2.24) is 4.90 Å². The molecule has 19 heavy (non-hydrogen) atoms. The van der Waals surface area contributed by atoms with E-state index in [0.717, 1.165) is 15.8 Å². The van der Waals surface area contributed by atoms with Crippen LogP contribution in [-0.2, 0) is 0 Å². The van der Waals surface area contributed by atoms with Crippen LogP contribution < -0.4 is 5.73 Å². The molecule has 0 radical (unpaired) electrons. The van der Waals surface area contributed by atoms with E-state index in [1.54, 1.807) is 11.9 Å². The average molecular weight is 359 g/mol. The normalized spacial score (nSPS) is 15.8. The van der Waals surface area contributed by atoms with Crippen molar-refractivity contribution in [3.05, 3.63) is 20.8 Å². The van der Waals surface area contributed by atoms with Crippen LogP contribution in [0.15, 0.2) is 15.9 Å². The Morgan fingerprint density at radius 1 is 1.47 bits per heavy atom. The maximum atomic E-state index is 12.3. The molecule has 1 rings (SSSR count). The lowest BCUT2D eigenvalue weighted by Crippen LogP contribution is -2.39. The molecule has 7 heteroatoms. The zero-order chi connectivity index (χ0) is 14.6. The molecular formula is C12H18BrF3N2S. The number of nitrogens with zero attached hydrogens (tertiary/aromatic N) is 1. The molecule has 0 saturated heterocycles. The number of hydrogen-bond acceptors (Lipinski definition) is 3.